The molecule has 2 aliphatic carbocycles. The molecular formula is C29H38N2O. The van der Waals surface area contributed by atoms with Crippen molar-refractivity contribution in [3.05, 3.63) is 82.0 Å². The van der Waals surface area contributed by atoms with Crippen molar-refractivity contribution in [1.82, 2.24) is 10.3 Å². The number of hydrogen-bond acceptors (Lipinski definition) is 3. The summed E-state index contributed by atoms with van der Waals surface area (Å²) in [6, 6.07) is 2.19. The van der Waals surface area contributed by atoms with Gasteiger partial charge in [-0.25, -0.2) is 0 Å². The lowest BCUT2D eigenvalue weighted by Crippen LogP contribution is -2.17. The smallest absolute Gasteiger partial charge is 0.140 e. The molecule has 1 aromatic rings. The van der Waals surface area contributed by atoms with Crippen LogP contribution in [0.5, 0.6) is 5.75 Å². The van der Waals surface area contributed by atoms with Crippen molar-refractivity contribution in [1.29, 1.82) is 0 Å². The first-order valence-corrected chi connectivity index (χ1v) is 12.3. The second-order valence-corrected chi connectivity index (χ2v) is 9.68. The normalized spacial score (nSPS) is 22.6. The zero-order chi connectivity index (χ0) is 22.7. The predicted molar refractivity (Wildman–Crippen MR) is 133 cm³/mol. The molecule has 1 aliphatic heterocycles. The first-order chi connectivity index (χ1) is 15.5. The predicted octanol–water partition coefficient (Wildman–Crippen LogP) is 7.12. The third-order valence-electron chi connectivity index (χ3n) is 6.99. The van der Waals surface area contributed by atoms with Gasteiger partial charge in [0.05, 0.1) is 12.8 Å². The summed E-state index contributed by atoms with van der Waals surface area (Å²) in [5, 5.41) is 3.54. The average Bonchev–Trinajstić information content (AvgIpc) is 3.71. The Hall–Kier alpha value is -2.55. The molecular weight excluding hydrogens is 392 g/mol. The molecule has 3 heteroatoms. The van der Waals surface area contributed by atoms with Gasteiger partial charge in [0.2, 0.25) is 0 Å². The molecule has 3 nitrogen and oxygen atoms in total. The summed E-state index contributed by atoms with van der Waals surface area (Å²) in [5.74, 6) is 2.36. The zero-order valence-electron chi connectivity index (χ0n) is 20.3. The van der Waals surface area contributed by atoms with Gasteiger partial charge in [0.15, 0.2) is 0 Å². The molecule has 0 amide bonds. The first kappa shape index (κ1) is 22.6. The van der Waals surface area contributed by atoms with E-state index < -0.39 is 0 Å². The maximum Gasteiger partial charge on any atom is 0.140 e. The molecule has 2 fully saturated rings. The van der Waals surface area contributed by atoms with Crippen molar-refractivity contribution in [2.24, 2.45) is 11.8 Å². The van der Waals surface area contributed by atoms with Crippen molar-refractivity contribution in [3.8, 4) is 5.75 Å². The van der Waals surface area contributed by atoms with Gasteiger partial charge in [0.25, 0.3) is 0 Å². The Labute approximate surface area is 194 Å². The highest BCUT2D eigenvalue weighted by molar-refractivity contribution is 5.59. The van der Waals surface area contributed by atoms with Crippen LogP contribution in [0.1, 0.15) is 70.6 Å². The lowest BCUT2D eigenvalue weighted by atomic mass is 9.89. The van der Waals surface area contributed by atoms with Crippen LogP contribution in [0.2, 0.25) is 0 Å². The van der Waals surface area contributed by atoms with Crippen LogP contribution in [0.25, 0.3) is 0 Å². The van der Waals surface area contributed by atoms with E-state index in [2.05, 4.69) is 69.0 Å². The Morgan fingerprint density at radius 2 is 2.03 bits per heavy atom. The average molecular weight is 431 g/mol. The number of aryl methyl sites for hydroxylation is 2. The van der Waals surface area contributed by atoms with E-state index in [1.165, 1.54) is 64.8 Å². The SMILES string of the molecule is C=C(/C(C)=C1\NC=CC(=C(C)CC)\C1=C/CCc1cc(C)c(OCC2CC2)cn1)C1CC1. The first-order valence-electron chi connectivity index (χ1n) is 12.3. The van der Waals surface area contributed by atoms with Crippen LogP contribution in [-0.4, -0.2) is 11.6 Å². The maximum atomic E-state index is 5.94. The zero-order valence-corrected chi connectivity index (χ0v) is 20.3. The standard InChI is InChI=1S/C29H38N2O/c1-6-19(2)26-14-15-30-29(22(5)21(4)24-12-13-24)27(26)9-7-8-25-16-20(3)28(17-31-25)32-18-23-10-11-23/h9,14-17,23-24,30H,4,6-8,10-13,18H2,1-3,5H3/b26-19?,27-9+,29-22-. The number of ether oxygens (including phenoxy) is 1. The number of nitrogens with zero attached hydrogens (tertiary/aromatic N) is 1. The van der Waals surface area contributed by atoms with Gasteiger partial charge in [-0.15, -0.1) is 0 Å². The Morgan fingerprint density at radius 3 is 2.69 bits per heavy atom. The summed E-state index contributed by atoms with van der Waals surface area (Å²) < 4.78 is 5.94. The third kappa shape index (κ3) is 5.43. The van der Waals surface area contributed by atoms with Gasteiger partial charge in [-0.1, -0.05) is 25.2 Å². The summed E-state index contributed by atoms with van der Waals surface area (Å²) in [6.45, 7) is 14.1. The monoisotopic (exact) mass is 430 g/mol. The highest BCUT2D eigenvalue weighted by atomic mass is 16.5. The highest BCUT2D eigenvalue weighted by Crippen LogP contribution is 2.41. The molecule has 32 heavy (non-hydrogen) atoms. The molecule has 170 valence electrons. The van der Waals surface area contributed by atoms with E-state index in [0.717, 1.165) is 43.2 Å². The molecule has 2 heterocycles. The maximum absolute atomic E-state index is 5.94. The molecule has 0 saturated heterocycles. The van der Waals surface area contributed by atoms with E-state index in [-0.39, 0.29) is 0 Å². The van der Waals surface area contributed by atoms with Gasteiger partial charge in [-0.05, 0) is 112 Å². The molecule has 0 unspecified atom stereocenters. The summed E-state index contributed by atoms with van der Waals surface area (Å²) in [4.78, 5) is 4.68. The fourth-order valence-corrected chi connectivity index (χ4v) is 4.24. The number of allylic oxidation sites excluding steroid dienone is 6. The van der Waals surface area contributed by atoms with Crippen LogP contribution in [0.3, 0.4) is 0 Å². The molecule has 0 atom stereocenters. The molecule has 4 rings (SSSR count). The van der Waals surface area contributed by atoms with Gasteiger partial charge < -0.3 is 10.1 Å². The molecule has 3 aliphatic rings. The molecule has 1 N–H and O–H groups in total. The van der Waals surface area contributed by atoms with Crippen molar-refractivity contribution in [2.75, 3.05) is 6.61 Å². The lowest BCUT2D eigenvalue weighted by molar-refractivity contribution is 0.296. The van der Waals surface area contributed by atoms with E-state index in [9.17, 15) is 0 Å². The quantitative estimate of drug-likeness (QED) is 0.453. The van der Waals surface area contributed by atoms with Crippen LogP contribution in [0, 0.1) is 18.8 Å². The second-order valence-electron chi connectivity index (χ2n) is 9.68. The summed E-state index contributed by atoms with van der Waals surface area (Å²) in [7, 11) is 0. The minimum absolute atomic E-state index is 0.670. The Morgan fingerprint density at radius 1 is 1.25 bits per heavy atom. The van der Waals surface area contributed by atoms with E-state index in [1.807, 2.05) is 6.20 Å². The van der Waals surface area contributed by atoms with E-state index >= 15 is 0 Å². The summed E-state index contributed by atoms with van der Waals surface area (Å²) in [6.07, 6.45) is 16.7. The molecule has 0 spiro atoms. The van der Waals surface area contributed by atoms with Crippen molar-refractivity contribution >= 4 is 0 Å². The number of aromatic nitrogens is 1. The Kier molecular flexibility index (Phi) is 7.03. The van der Waals surface area contributed by atoms with Crippen LogP contribution in [0.15, 0.2) is 70.8 Å². The summed E-state index contributed by atoms with van der Waals surface area (Å²) >= 11 is 0. The molecule has 1 aromatic heterocycles. The van der Waals surface area contributed by atoms with Crippen LogP contribution in [-0.2, 0) is 6.42 Å². The van der Waals surface area contributed by atoms with Gasteiger partial charge in [-0.2, -0.15) is 0 Å². The number of nitrogens with one attached hydrogen (secondary N) is 1. The Bertz CT molecular complexity index is 1000. The molecule has 2 saturated carbocycles. The summed E-state index contributed by atoms with van der Waals surface area (Å²) in [5.41, 5.74) is 10.2. The van der Waals surface area contributed by atoms with Gasteiger partial charge >= 0.3 is 0 Å². The van der Waals surface area contributed by atoms with Crippen LogP contribution < -0.4 is 10.1 Å². The second kappa shape index (κ2) is 9.94. The highest BCUT2D eigenvalue weighted by Gasteiger charge is 2.28. The Balaban J connectivity index is 1.52. The molecule has 0 bridgehead atoms. The van der Waals surface area contributed by atoms with Gasteiger partial charge in [0, 0.05) is 23.2 Å². The number of rotatable bonds is 9. The fourth-order valence-electron chi connectivity index (χ4n) is 4.24. The van der Waals surface area contributed by atoms with E-state index in [1.54, 1.807) is 0 Å². The minimum Gasteiger partial charge on any atom is -0.491 e. The van der Waals surface area contributed by atoms with Crippen LogP contribution >= 0.6 is 0 Å². The van der Waals surface area contributed by atoms with Crippen LogP contribution in [0.4, 0.5) is 0 Å². The van der Waals surface area contributed by atoms with Crippen molar-refractivity contribution < 1.29 is 4.74 Å². The largest absolute Gasteiger partial charge is 0.491 e. The fraction of sp³-hybridized carbons (Fsp3) is 0.483. The van der Waals surface area contributed by atoms with Crippen molar-refractivity contribution in [3.63, 3.8) is 0 Å². The number of hydrogen-bond donors (Lipinski definition) is 1. The lowest BCUT2D eigenvalue weighted by Gasteiger charge is -2.24. The van der Waals surface area contributed by atoms with E-state index in [0.29, 0.717) is 5.92 Å². The van der Waals surface area contributed by atoms with Gasteiger partial charge in [0.1, 0.15) is 5.75 Å². The number of pyridine rings is 1. The third-order valence-corrected chi connectivity index (χ3v) is 6.99. The topological polar surface area (TPSA) is 34.1 Å². The minimum atomic E-state index is 0.670. The molecule has 0 aromatic carbocycles. The van der Waals surface area contributed by atoms with Crippen molar-refractivity contribution in [2.45, 2.75) is 72.6 Å². The molecule has 0 radical (unpaired) electrons. The van der Waals surface area contributed by atoms with Gasteiger partial charge in [-0.3, -0.25) is 4.98 Å². The van der Waals surface area contributed by atoms with E-state index in [4.69, 9.17) is 4.74 Å².